The predicted molar refractivity (Wildman–Crippen MR) is 116 cm³/mol. The highest BCUT2D eigenvalue weighted by molar-refractivity contribution is 7.12. The van der Waals surface area contributed by atoms with Crippen molar-refractivity contribution in [2.45, 2.75) is 0 Å². The molecule has 3 N–H and O–H groups in total. The van der Waals surface area contributed by atoms with Crippen molar-refractivity contribution in [1.82, 2.24) is 9.88 Å². The van der Waals surface area contributed by atoms with Crippen LogP contribution in [0.5, 0.6) is 0 Å². The largest absolute Gasteiger partial charge is 0.363 e. The summed E-state index contributed by atoms with van der Waals surface area (Å²) in [6.45, 7) is 0. The molecule has 0 atom stereocenters. The molecule has 0 saturated heterocycles. The van der Waals surface area contributed by atoms with E-state index in [-0.39, 0.29) is 11.8 Å². The Bertz CT molecular complexity index is 1050. The number of aromatic nitrogens is 1. The smallest absolute Gasteiger partial charge is 0.269 e. The van der Waals surface area contributed by atoms with Crippen LogP contribution in [0.4, 0.5) is 11.5 Å². The normalized spacial score (nSPS) is 10.3. The summed E-state index contributed by atoms with van der Waals surface area (Å²) in [5.41, 5.74) is 1.55. The molecule has 3 aromatic rings. The lowest BCUT2D eigenvalue weighted by Crippen LogP contribution is -2.22. The molecule has 0 spiro atoms. The lowest BCUT2D eigenvalue weighted by Gasteiger charge is -2.14. The molecule has 0 radical (unpaired) electrons. The number of carbonyl (C=O) groups excluding carboxylic acids is 2. The molecule has 7 nitrogen and oxygen atoms in total. The topological polar surface area (TPSA) is 98.2 Å². The molecule has 2 heterocycles. The van der Waals surface area contributed by atoms with Gasteiger partial charge in [0.25, 0.3) is 11.8 Å². The fraction of sp³-hybridized carbons (Fsp3) is 0.100. The van der Waals surface area contributed by atoms with Gasteiger partial charge in [0.2, 0.25) is 0 Å². The summed E-state index contributed by atoms with van der Waals surface area (Å²) >= 11 is 7.01. The summed E-state index contributed by atoms with van der Waals surface area (Å²) in [6, 6.07) is 11.6. The first-order chi connectivity index (χ1) is 13.8. The number of rotatable bonds is 5. The highest BCUT2D eigenvalue weighted by atomic mass is 35.5. The number of carbonyl (C=O) groups is 2. The molecule has 0 aliphatic carbocycles. The quantitative estimate of drug-likeness (QED) is 0.420. The van der Waals surface area contributed by atoms with Gasteiger partial charge in [-0.05, 0) is 35.7 Å². The third kappa shape index (κ3) is 4.98. The summed E-state index contributed by atoms with van der Waals surface area (Å²) in [4.78, 5) is 31.2. The number of nitrogens with zero attached hydrogens (tertiary/aromatic N) is 2. The number of anilines is 2. The van der Waals surface area contributed by atoms with Crippen molar-refractivity contribution in [3.05, 3.63) is 75.1 Å². The molecule has 0 aliphatic heterocycles. The Morgan fingerprint density at radius 2 is 1.69 bits per heavy atom. The van der Waals surface area contributed by atoms with Crippen molar-refractivity contribution < 1.29 is 9.59 Å². The summed E-state index contributed by atoms with van der Waals surface area (Å²) in [5, 5.41) is 15.6. The molecule has 0 fully saturated rings. The van der Waals surface area contributed by atoms with E-state index >= 15 is 0 Å². The summed E-state index contributed by atoms with van der Waals surface area (Å²) < 4.78 is 0. The van der Waals surface area contributed by atoms with E-state index in [1.165, 1.54) is 17.5 Å². The Hall–Kier alpha value is -3.23. The number of thiophene rings is 1. The van der Waals surface area contributed by atoms with Gasteiger partial charge in [0.15, 0.2) is 0 Å². The molecule has 0 aliphatic rings. The van der Waals surface area contributed by atoms with Crippen molar-refractivity contribution in [3.63, 3.8) is 0 Å². The van der Waals surface area contributed by atoms with Gasteiger partial charge in [-0.25, -0.2) is 4.98 Å². The zero-order valence-corrected chi connectivity index (χ0v) is 17.3. The number of pyridine rings is 1. The Morgan fingerprint density at radius 3 is 2.31 bits per heavy atom. The molecule has 148 valence electrons. The van der Waals surface area contributed by atoms with Crippen molar-refractivity contribution in [2.75, 3.05) is 24.7 Å². The third-order valence-corrected chi connectivity index (χ3v) is 5.09. The fourth-order valence-corrected chi connectivity index (χ4v) is 3.29. The average molecular weight is 428 g/mol. The minimum atomic E-state index is -0.375. The predicted octanol–water partition coefficient (Wildman–Crippen LogP) is 4.19. The van der Waals surface area contributed by atoms with E-state index in [1.807, 2.05) is 0 Å². The van der Waals surface area contributed by atoms with E-state index in [0.717, 1.165) is 0 Å². The molecular formula is C20H18ClN5O2S. The molecule has 2 amide bonds. The lowest BCUT2D eigenvalue weighted by molar-refractivity contribution is 0.102. The van der Waals surface area contributed by atoms with Crippen LogP contribution in [0.2, 0.25) is 5.02 Å². The highest BCUT2D eigenvalue weighted by Gasteiger charge is 2.17. The minimum absolute atomic E-state index is 0.343. The maximum Gasteiger partial charge on any atom is 0.269 e. The molecule has 0 unspecified atom stereocenters. The molecule has 2 aromatic heterocycles. The van der Waals surface area contributed by atoms with Crippen molar-refractivity contribution in [3.8, 4) is 0 Å². The number of amides is 2. The Balaban J connectivity index is 1.70. The minimum Gasteiger partial charge on any atom is -0.363 e. The van der Waals surface area contributed by atoms with E-state index in [2.05, 4.69) is 15.6 Å². The third-order valence-electron chi connectivity index (χ3n) is 3.96. The van der Waals surface area contributed by atoms with Crippen LogP contribution in [0, 0.1) is 5.41 Å². The van der Waals surface area contributed by atoms with Gasteiger partial charge in [-0.2, -0.15) is 0 Å². The molecule has 0 saturated carbocycles. The van der Waals surface area contributed by atoms with Gasteiger partial charge >= 0.3 is 0 Å². The average Bonchev–Trinajstić information content (AvgIpc) is 3.17. The number of hydrogen-bond donors (Lipinski definition) is 3. The van der Waals surface area contributed by atoms with Crippen molar-refractivity contribution in [1.29, 1.82) is 5.41 Å². The molecule has 1 aromatic carbocycles. The van der Waals surface area contributed by atoms with E-state index in [4.69, 9.17) is 17.0 Å². The van der Waals surface area contributed by atoms with Crippen LogP contribution >= 0.6 is 22.9 Å². The first kappa shape index (κ1) is 20.5. The Labute approximate surface area is 176 Å². The van der Waals surface area contributed by atoms with Gasteiger partial charge in [-0.1, -0.05) is 23.7 Å². The van der Waals surface area contributed by atoms with Crippen LogP contribution in [0.25, 0.3) is 0 Å². The summed E-state index contributed by atoms with van der Waals surface area (Å²) in [5.74, 6) is -0.00142. The van der Waals surface area contributed by atoms with Crippen LogP contribution in [-0.4, -0.2) is 41.6 Å². The van der Waals surface area contributed by atoms with Crippen LogP contribution < -0.4 is 10.6 Å². The number of halogens is 1. The first-order valence-electron chi connectivity index (χ1n) is 8.53. The van der Waals surface area contributed by atoms with Gasteiger partial charge in [0.05, 0.1) is 10.7 Å². The van der Waals surface area contributed by atoms with E-state index in [1.54, 1.807) is 66.8 Å². The van der Waals surface area contributed by atoms with Crippen LogP contribution in [0.3, 0.4) is 0 Å². The standard InChI is InChI=1S/C20H18ClN5O2S/c1-26(2)18(22)12-3-5-13(6-4-12)19(27)24-15-9-10-29-17(15)20(28)25-16-8-7-14(21)11-23-16/h3-11,22H,1-2H3,(H,24,27)(H,23,25,28). The van der Waals surface area contributed by atoms with Crippen LogP contribution in [0.1, 0.15) is 25.6 Å². The number of hydrogen-bond acceptors (Lipinski definition) is 5. The first-order valence-corrected chi connectivity index (χ1v) is 9.79. The highest BCUT2D eigenvalue weighted by Crippen LogP contribution is 2.24. The summed E-state index contributed by atoms with van der Waals surface area (Å²) in [7, 11) is 3.57. The Morgan fingerprint density at radius 1 is 1.00 bits per heavy atom. The second kappa shape index (κ2) is 8.85. The molecular weight excluding hydrogens is 410 g/mol. The second-order valence-corrected chi connectivity index (χ2v) is 7.61. The van der Waals surface area contributed by atoms with Crippen LogP contribution in [-0.2, 0) is 0 Å². The molecule has 0 bridgehead atoms. The van der Waals surface area contributed by atoms with E-state index in [0.29, 0.717) is 38.4 Å². The van der Waals surface area contributed by atoms with Gasteiger partial charge in [-0.3, -0.25) is 15.0 Å². The molecule has 3 rings (SSSR count). The SMILES string of the molecule is CN(C)C(=N)c1ccc(C(=O)Nc2ccsc2C(=O)Nc2ccc(Cl)cn2)cc1. The van der Waals surface area contributed by atoms with Gasteiger partial charge in [-0.15, -0.1) is 11.3 Å². The monoisotopic (exact) mass is 427 g/mol. The second-order valence-electron chi connectivity index (χ2n) is 6.25. The maximum absolute atomic E-state index is 12.6. The number of nitrogens with one attached hydrogen (secondary N) is 3. The van der Waals surface area contributed by atoms with E-state index < -0.39 is 0 Å². The lowest BCUT2D eigenvalue weighted by atomic mass is 10.1. The maximum atomic E-state index is 12.6. The van der Waals surface area contributed by atoms with Gasteiger partial charge < -0.3 is 15.5 Å². The van der Waals surface area contributed by atoms with Gasteiger partial charge in [0.1, 0.15) is 16.5 Å². The van der Waals surface area contributed by atoms with E-state index in [9.17, 15) is 9.59 Å². The number of benzene rings is 1. The molecule has 29 heavy (non-hydrogen) atoms. The zero-order chi connectivity index (χ0) is 21.0. The zero-order valence-electron chi connectivity index (χ0n) is 15.7. The fourth-order valence-electron chi connectivity index (χ4n) is 2.44. The summed E-state index contributed by atoms with van der Waals surface area (Å²) in [6.07, 6.45) is 1.44. The molecule has 9 heteroatoms. The number of amidine groups is 1. The van der Waals surface area contributed by atoms with Gasteiger partial charge in [0, 0.05) is 31.4 Å². The van der Waals surface area contributed by atoms with Crippen LogP contribution in [0.15, 0.2) is 54.0 Å². The van der Waals surface area contributed by atoms with Crippen molar-refractivity contribution >= 4 is 52.1 Å². The van der Waals surface area contributed by atoms with Crippen molar-refractivity contribution in [2.24, 2.45) is 0 Å². The Kier molecular flexibility index (Phi) is 6.26.